The van der Waals surface area contributed by atoms with Crippen LogP contribution in [0, 0.1) is 0 Å². The van der Waals surface area contributed by atoms with Crippen molar-refractivity contribution in [2.45, 2.75) is 19.3 Å². The van der Waals surface area contributed by atoms with E-state index in [2.05, 4.69) is 278 Å². The maximum absolute atomic E-state index is 7.06. The molecule has 1 aliphatic carbocycles. The van der Waals surface area contributed by atoms with E-state index in [1.54, 1.807) is 0 Å². The Hall–Kier alpha value is -8.92. The van der Waals surface area contributed by atoms with Gasteiger partial charge in [-0.05, 0) is 134 Å². The third-order valence-electron chi connectivity index (χ3n) is 14.5. The molecule has 11 aromatic rings. The van der Waals surface area contributed by atoms with Crippen molar-refractivity contribution in [1.82, 2.24) is 0 Å². The van der Waals surface area contributed by atoms with E-state index in [1.807, 2.05) is 0 Å². The van der Waals surface area contributed by atoms with Crippen LogP contribution in [0.2, 0.25) is 0 Å². The van der Waals surface area contributed by atoms with E-state index in [1.165, 1.54) is 55.6 Å². The van der Waals surface area contributed by atoms with Crippen molar-refractivity contribution in [3.63, 3.8) is 0 Å². The fraction of sp³-hybridized carbons (Fsp3) is 0.0448. The quantitative estimate of drug-likeness (QED) is 0.144. The highest BCUT2D eigenvalue weighted by Gasteiger charge is 2.36. The fourth-order valence-electron chi connectivity index (χ4n) is 11.0. The highest BCUT2D eigenvalue weighted by Crippen LogP contribution is 2.56. The third-order valence-corrected chi connectivity index (χ3v) is 14.5. The molecule has 1 aliphatic heterocycles. The lowest BCUT2D eigenvalue weighted by Crippen LogP contribution is -2.17. The predicted molar refractivity (Wildman–Crippen MR) is 293 cm³/mol. The predicted octanol–water partition coefficient (Wildman–Crippen LogP) is 18.9. The SMILES string of the molecule is CC1(C)c2ccccc2-c2ccc(N(c3ccc(-c4ccccc4)cc3)c3ccc4c5c(cccc35)-c3c(cccc3N(c3ccc(-c5ccccc5)cc3)c3ccc(-c5ccccc5)cc3)O4)cc21. The van der Waals surface area contributed by atoms with Crippen molar-refractivity contribution in [1.29, 1.82) is 0 Å². The second-order valence-corrected chi connectivity index (χ2v) is 18.9. The Kier molecular flexibility index (Phi) is 9.85. The first-order valence-corrected chi connectivity index (χ1v) is 24.2. The summed E-state index contributed by atoms with van der Waals surface area (Å²) in [4.78, 5) is 4.82. The number of rotatable bonds is 9. The lowest BCUT2D eigenvalue weighted by atomic mass is 9.82. The Bertz CT molecular complexity index is 3650. The van der Waals surface area contributed by atoms with Crippen LogP contribution in [0.4, 0.5) is 34.1 Å². The molecule has 0 N–H and O–H groups in total. The average molecular weight is 897 g/mol. The monoisotopic (exact) mass is 896 g/mol. The van der Waals surface area contributed by atoms with Gasteiger partial charge in [0.05, 0.1) is 11.4 Å². The zero-order chi connectivity index (χ0) is 46.8. The summed E-state index contributed by atoms with van der Waals surface area (Å²) in [5.41, 5.74) is 20.8. The van der Waals surface area contributed by atoms with E-state index >= 15 is 0 Å². The van der Waals surface area contributed by atoms with Crippen molar-refractivity contribution >= 4 is 44.9 Å². The zero-order valence-corrected chi connectivity index (χ0v) is 39.1. The second kappa shape index (κ2) is 16.7. The van der Waals surface area contributed by atoms with Crippen molar-refractivity contribution in [3.8, 4) is 67.1 Å². The second-order valence-electron chi connectivity index (χ2n) is 18.9. The largest absolute Gasteiger partial charge is 0.456 e. The molecule has 0 saturated carbocycles. The molecule has 1 heterocycles. The summed E-state index contributed by atoms with van der Waals surface area (Å²) in [6, 6.07) is 92.2. The molecule has 13 rings (SSSR count). The van der Waals surface area contributed by atoms with Gasteiger partial charge in [-0.15, -0.1) is 0 Å². The lowest BCUT2D eigenvalue weighted by Gasteiger charge is -2.33. The minimum Gasteiger partial charge on any atom is -0.456 e. The van der Waals surface area contributed by atoms with Gasteiger partial charge >= 0.3 is 0 Å². The molecule has 3 heteroatoms. The third kappa shape index (κ3) is 6.89. The molecule has 0 radical (unpaired) electrons. The van der Waals surface area contributed by atoms with Gasteiger partial charge in [-0.2, -0.15) is 0 Å². The molecule has 2 aliphatic rings. The first kappa shape index (κ1) is 41.3. The van der Waals surface area contributed by atoms with Gasteiger partial charge in [0.25, 0.3) is 0 Å². The molecule has 3 nitrogen and oxygen atoms in total. The molecule has 0 fully saturated rings. The van der Waals surface area contributed by atoms with Gasteiger partial charge < -0.3 is 14.5 Å². The average Bonchev–Trinajstić information content (AvgIpc) is 3.65. The molecule has 0 atom stereocenters. The van der Waals surface area contributed by atoms with E-state index in [9.17, 15) is 0 Å². The van der Waals surface area contributed by atoms with Gasteiger partial charge in [0.2, 0.25) is 0 Å². The summed E-state index contributed by atoms with van der Waals surface area (Å²) >= 11 is 0. The summed E-state index contributed by atoms with van der Waals surface area (Å²) in [5.74, 6) is 1.67. The van der Waals surface area contributed by atoms with Crippen molar-refractivity contribution in [2.24, 2.45) is 0 Å². The van der Waals surface area contributed by atoms with Crippen LogP contribution >= 0.6 is 0 Å². The minimum atomic E-state index is -0.158. The van der Waals surface area contributed by atoms with E-state index in [-0.39, 0.29) is 5.41 Å². The van der Waals surface area contributed by atoms with Crippen LogP contribution in [-0.2, 0) is 5.41 Å². The molecule has 0 amide bonds. The number of nitrogens with zero attached hydrogens (tertiary/aromatic N) is 2. The molecular weight excluding hydrogens is 849 g/mol. The summed E-state index contributed by atoms with van der Waals surface area (Å²) in [7, 11) is 0. The van der Waals surface area contributed by atoms with Gasteiger partial charge in [0.15, 0.2) is 0 Å². The topological polar surface area (TPSA) is 15.7 Å². The number of ether oxygens (including phenoxy) is 1. The molecule has 0 spiro atoms. The van der Waals surface area contributed by atoms with Crippen LogP contribution in [0.1, 0.15) is 25.0 Å². The fourth-order valence-corrected chi connectivity index (χ4v) is 11.0. The Morgan fingerprint density at radius 1 is 0.314 bits per heavy atom. The van der Waals surface area contributed by atoms with Crippen LogP contribution < -0.4 is 14.5 Å². The van der Waals surface area contributed by atoms with Gasteiger partial charge in [-0.1, -0.05) is 196 Å². The number of hydrogen-bond donors (Lipinski definition) is 0. The molecule has 0 bridgehead atoms. The maximum Gasteiger partial charge on any atom is 0.137 e. The Morgan fingerprint density at radius 2 is 0.771 bits per heavy atom. The van der Waals surface area contributed by atoms with Crippen molar-refractivity contribution < 1.29 is 4.74 Å². The van der Waals surface area contributed by atoms with Crippen molar-refractivity contribution in [2.75, 3.05) is 9.80 Å². The first-order chi connectivity index (χ1) is 34.5. The van der Waals surface area contributed by atoms with E-state index in [0.29, 0.717) is 0 Å². The minimum absolute atomic E-state index is 0.158. The van der Waals surface area contributed by atoms with Crippen LogP contribution in [0.15, 0.2) is 255 Å². The number of fused-ring (bicyclic) bond motifs is 5. The van der Waals surface area contributed by atoms with Gasteiger partial charge in [0.1, 0.15) is 11.5 Å². The normalized spacial score (nSPS) is 12.7. The first-order valence-electron chi connectivity index (χ1n) is 24.2. The molecule has 0 saturated heterocycles. The Morgan fingerprint density at radius 3 is 1.34 bits per heavy atom. The Labute approximate surface area is 409 Å². The number of hydrogen-bond acceptors (Lipinski definition) is 3. The van der Waals surface area contributed by atoms with Crippen LogP contribution in [-0.4, -0.2) is 0 Å². The van der Waals surface area contributed by atoms with E-state index < -0.39 is 0 Å². The van der Waals surface area contributed by atoms with Crippen molar-refractivity contribution in [3.05, 3.63) is 266 Å². The van der Waals surface area contributed by atoms with Crippen LogP contribution in [0.3, 0.4) is 0 Å². The summed E-state index contributed by atoms with van der Waals surface area (Å²) < 4.78 is 7.06. The van der Waals surface area contributed by atoms with Crippen LogP contribution in [0.5, 0.6) is 11.5 Å². The summed E-state index contributed by atoms with van der Waals surface area (Å²) in [6.45, 7) is 4.71. The van der Waals surface area contributed by atoms with Gasteiger partial charge in [-0.25, -0.2) is 0 Å². The molecule has 0 aromatic heterocycles. The van der Waals surface area contributed by atoms with Gasteiger partial charge in [-0.3, -0.25) is 0 Å². The zero-order valence-electron chi connectivity index (χ0n) is 39.1. The smallest absolute Gasteiger partial charge is 0.137 e. The number of anilines is 6. The van der Waals surface area contributed by atoms with Gasteiger partial charge in [0, 0.05) is 44.5 Å². The summed E-state index contributed by atoms with van der Waals surface area (Å²) in [6.07, 6.45) is 0. The van der Waals surface area contributed by atoms with E-state index in [0.717, 1.165) is 67.5 Å². The Balaban J connectivity index is 0.983. The molecule has 11 aromatic carbocycles. The number of benzene rings is 11. The highest BCUT2D eigenvalue weighted by atomic mass is 16.5. The maximum atomic E-state index is 7.06. The highest BCUT2D eigenvalue weighted by molar-refractivity contribution is 6.13. The van der Waals surface area contributed by atoms with E-state index in [4.69, 9.17) is 4.74 Å². The lowest BCUT2D eigenvalue weighted by molar-refractivity contribution is 0.487. The standard InChI is InChI=1S/C67H48N2O/c1-67(2)59-25-13-12-22-55(59)56-41-40-54(44-60(56)67)69(53-38-32-50(33-39-53)47-20-10-5-11-21-47)61-42-43-64-65-57(61)23-14-24-58(65)66-62(26-15-27-63(66)70-64)68(51-34-28-48(29-35-51)45-16-6-3-7-17-45)52-36-30-49(31-37-52)46-18-8-4-9-19-46/h3-44H,1-2H3. The molecule has 70 heavy (non-hydrogen) atoms. The van der Waals surface area contributed by atoms with Crippen LogP contribution in [0.25, 0.3) is 66.4 Å². The molecule has 332 valence electrons. The molecular formula is C67H48N2O. The molecule has 0 unspecified atom stereocenters. The summed E-state index contributed by atoms with van der Waals surface area (Å²) in [5, 5.41) is 2.19.